The van der Waals surface area contributed by atoms with Gasteiger partial charge in [-0.3, -0.25) is 4.79 Å². The molecular formula is C23H13ClN2O4. The molecular weight excluding hydrogens is 404 g/mol. The molecule has 3 aromatic carbocycles. The maximum Gasteiger partial charge on any atom is 0.349 e. The summed E-state index contributed by atoms with van der Waals surface area (Å²) in [5.74, 6) is -0.255. The van der Waals surface area contributed by atoms with Gasteiger partial charge in [-0.2, -0.15) is 0 Å². The van der Waals surface area contributed by atoms with E-state index in [0.29, 0.717) is 44.2 Å². The van der Waals surface area contributed by atoms with Crippen molar-refractivity contribution in [2.24, 2.45) is 0 Å². The number of hydrogen-bond acceptors (Lipinski definition) is 5. The van der Waals surface area contributed by atoms with Crippen molar-refractivity contribution < 1.29 is 13.6 Å². The van der Waals surface area contributed by atoms with Crippen molar-refractivity contribution in [3.8, 4) is 11.5 Å². The van der Waals surface area contributed by atoms with Crippen LogP contribution < -0.4 is 10.9 Å². The number of aromatic nitrogens is 1. The molecule has 0 saturated carbocycles. The fraction of sp³-hybridized carbons (Fsp3) is 0. The molecule has 6 nitrogen and oxygen atoms in total. The van der Waals surface area contributed by atoms with Gasteiger partial charge in [0.1, 0.15) is 16.7 Å². The van der Waals surface area contributed by atoms with Gasteiger partial charge in [-0.25, -0.2) is 9.78 Å². The van der Waals surface area contributed by atoms with Gasteiger partial charge in [-0.15, -0.1) is 0 Å². The van der Waals surface area contributed by atoms with E-state index in [1.54, 1.807) is 66.7 Å². The number of fused-ring (bicyclic) bond motifs is 2. The van der Waals surface area contributed by atoms with Gasteiger partial charge in [-0.05, 0) is 42.5 Å². The van der Waals surface area contributed by atoms with Gasteiger partial charge in [0, 0.05) is 10.4 Å². The molecule has 1 N–H and O–H groups in total. The third-order valence-corrected chi connectivity index (χ3v) is 4.88. The zero-order valence-corrected chi connectivity index (χ0v) is 16.1. The number of carbonyl (C=O) groups is 1. The summed E-state index contributed by atoms with van der Waals surface area (Å²) in [4.78, 5) is 29.6. The van der Waals surface area contributed by atoms with Crippen LogP contribution >= 0.6 is 11.6 Å². The number of nitrogens with zero attached hydrogens (tertiary/aromatic N) is 1. The molecule has 1 amide bonds. The monoisotopic (exact) mass is 416 g/mol. The minimum atomic E-state index is -0.708. The SMILES string of the molecule is O=C(Nc1ccccc1-c1nc2cc(Cl)ccc2o1)c1cc2ccccc2oc1=O. The van der Waals surface area contributed by atoms with Crippen molar-refractivity contribution in [1.82, 2.24) is 4.98 Å². The van der Waals surface area contributed by atoms with E-state index in [2.05, 4.69) is 10.3 Å². The quantitative estimate of drug-likeness (QED) is 0.392. The first-order valence-electron chi connectivity index (χ1n) is 9.08. The van der Waals surface area contributed by atoms with Crippen molar-refractivity contribution >= 4 is 45.3 Å². The Morgan fingerprint density at radius 3 is 2.60 bits per heavy atom. The topological polar surface area (TPSA) is 85.3 Å². The third kappa shape index (κ3) is 3.23. The minimum absolute atomic E-state index is 0.0900. The lowest BCUT2D eigenvalue weighted by molar-refractivity contribution is 0.102. The van der Waals surface area contributed by atoms with Crippen LogP contribution in [0.4, 0.5) is 5.69 Å². The maximum atomic E-state index is 12.8. The van der Waals surface area contributed by atoms with Crippen LogP contribution in [0.5, 0.6) is 0 Å². The van der Waals surface area contributed by atoms with Gasteiger partial charge < -0.3 is 14.2 Å². The van der Waals surface area contributed by atoms with Crippen LogP contribution in [0.15, 0.2) is 86.4 Å². The first-order valence-corrected chi connectivity index (χ1v) is 9.46. The van der Waals surface area contributed by atoms with E-state index < -0.39 is 11.5 Å². The number of anilines is 1. The molecule has 30 heavy (non-hydrogen) atoms. The fourth-order valence-corrected chi connectivity index (χ4v) is 3.37. The summed E-state index contributed by atoms with van der Waals surface area (Å²) in [6, 6.07) is 20.7. The highest BCUT2D eigenvalue weighted by Crippen LogP contribution is 2.31. The summed E-state index contributed by atoms with van der Waals surface area (Å²) in [5.41, 5.74) is 1.83. The van der Waals surface area contributed by atoms with E-state index in [1.165, 1.54) is 6.07 Å². The molecule has 5 aromatic rings. The molecule has 0 aliphatic rings. The summed E-state index contributed by atoms with van der Waals surface area (Å²) in [7, 11) is 0. The Kier molecular flexibility index (Phi) is 4.34. The van der Waals surface area contributed by atoms with Crippen molar-refractivity contribution in [2.45, 2.75) is 0 Å². The molecule has 2 aromatic heterocycles. The summed E-state index contributed by atoms with van der Waals surface area (Å²) < 4.78 is 11.1. The number of oxazole rings is 1. The third-order valence-electron chi connectivity index (χ3n) is 4.64. The van der Waals surface area contributed by atoms with E-state index in [0.717, 1.165) is 0 Å². The summed E-state index contributed by atoms with van der Waals surface area (Å²) in [6.45, 7) is 0. The molecule has 0 aliphatic heterocycles. The van der Waals surface area contributed by atoms with E-state index >= 15 is 0 Å². The second-order valence-electron chi connectivity index (χ2n) is 6.62. The normalized spacial score (nSPS) is 11.1. The Bertz CT molecular complexity index is 1490. The zero-order valence-electron chi connectivity index (χ0n) is 15.4. The van der Waals surface area contributed by atoms with Gasteiger partial charge in [-0.1, -0.05) is 41.9 Å². The molecule has 146 valence electrons. The van der Waals surface area contributed by atoms with Crippen molar-refractivity contribution in [1.29, 1.82) is 0 Å². The lowest BCUT2D eigenvalue weighted by Gasteiger charge is -2.08. The van der Waals surface area contributed by atoms with Gasteiger partial charge in [0.25, 0.3) is 5.91 Å². The Morgan fingerprint density at radius 1 is 0.900 bits per heavy atom. The number of rotatable bonds is 3. The number of carbonyl (C=O) groups excluding carboxylic acids is 1. The Morgan fingerprint density at radius 2 is 1.70 bits per heavy atom. The average molecular weight is 417 g/mol. The predicted octanol–water partition coefficient (Wildman–Crippen LogP) is 5.51. The second-order valence-corrected chi connectivity index (χ2v) is 7.05. The van der Waals surface area contributed by atoms with Gasteiger partial charge in [0.2, 0.25) is 5.89 Å². The van der Waals surface area contributed by atoms with Crippen molar-refractivity contribution in [3.05, 3.63) is 93.8 Å². The van der Waals surface area contributed by atoms with Crippen LogP contribution in [0.3, 0.4) is 0 Å². The fourth-order valence-electron chi connectivity index (χ4n) is 3.20. The smallest absolute Gasteiger partial charge is 0.349 e. The molecule has 0 fully saturated rings. The Hall–Kier alpha value is -3.90. The van der Waals surface area contributed by atoms with Crippen LogP contribution in [0.2, 0.25) is 5.02 Å². The molecule has 0 bridgehead atoms. The molecule has 2 heterocycles. The second kappa shape index (κ2) is 7.17. The molecule has 7 heteroatoms. The molecule has 0 saturated heterocycles. The minimum Gasteiger partial charge on any atom is -0.436 e. The largest absolute Gasteiger partial charge is 0.436 e. The molecule has 0 unspecified atom stereocenters. The Balaban J connectivity index is 1.53. The lowest BCUT2D eigenvalue weighted by Crippen LogP contribution is -2.21. The highest BCUT2D eigenvalue weighted by Gasteiger charge is 2.18. The van der Waals surface area contributed by atoms with Gasteiger partial charge in [0.05, 0.1) is 11.3 Å². The van der Waals surface area contributed by atoms with Gasteiger partial charge >= 0.3 is 5.63 Å². The summed E-state index contributed by atoms with van der Waals surface area (Å²) >= 11 is 6.02. The van der Waals surface area contributed by atoms with Crippen LogP contribution in [0, 0.1) is 0 Å². The first kappa shape index (κ1) is 18.1. The number of benzene rings is 3. The molecule has 0 radical (unpaired) electrons. The Labute approximate surface area is 174 Å². The van der Waals surface area contributed by atoms with E-state index in [9.17, 15) is 9.59 Å². The number of amides is 1. The van der Waals surface area contributed by atoms with Crippen LogP contribution in [-0.4, -0.2) is 10.9 Å². The number of para-hydroxylation sites is 2. The van der Waals surface area contributed by atoms with Crippen LogP contribution in [-0.2, 0) is 0 Å². The highest BCUT2D eigenvalue weighted by molar-refractivity contribution is 6.31. The number of nitrogens with one attached hydrogen (secondary N) is 1. The maximum absolute atomic E-state index is 12.8. The lowest BCUT2D eigenvalue weighted by atomic mass is 10.1. The zero-order chi connectivity index (χ0) is 20.7. The number of hydrogen-bond donors (Lipinski definition) is 1. The predicted molar refractivity (Wildman–Crippen MR) is 115 cm³/mol. The van der Waals surface area contributed by atoms with E-state index in [4.69, 9.17) is 20.4 Å². The average Bonchev–Trinajstić information content (AvgIpc) is 3.16. The molecule has 5 rings (SSSR count). The summed E-state index contributed by atoms with van der Waals surface area (Å²) in [6.07, 6.45) is 0. The first-order chi connectivity index (χ1) is 14.6. The van der Waals surface area contributed by atoms with E-state index in [1.807, 2.05) is 0 Å². The van der Waals surface area contributed by atoms with Crippen molar-refractivity contribution in [2.75, 3.05) is 5.32 Å². The van der Waals surface area contributed by atoms with Crippen LogP contribution in [0.1, 0.15) is 10.4 Å². The van der Waals surface area contributed by atoms with Crippen molar-refractivity contribution in [3.63, 3.8) is 0 Å². The highest BCUT2D eigenvalue weighted by atomic mass is 35.5. The van der Waals surface area contributed by atoms with Crippen LogP contribution in [0.25, 0.3) is 33.5 Å². The van der Waals surface area contributed by atoms with E-state index in [-0.39, 0.29) is 5.56 Å². The molecule has 0 aliphatic carbocycles. The summed E-state index contributed by atoms with van der Waals surface area (Å²) in [5, 5.41) is 3.97. The molecule has 0 atom stereocenters. The number of halogens is 1. The molecule has 0 spiro atoms. The standard InChI is InChI=1S/C23H13ClN2O4/c24-14-9-10-20-18(12-14)26-22(29-20)15-6-2-3-7-17(15)25-21(27)16-11-13-5-1-4-8-19(13)30-23(16)28/h1-12H,(H,25,27). The van der Waals surface area contributed by atoms with Gasteiger partial charge in [0.15, 0.2) is 5.58 Å².